The molecule has 6 nitrogen and oxygen atoms in total. The number of nitrogens with zero attached hydrogens (tertiary/aromatic N) is 1. The molecule has 0 bridgehead atoms. The maximum atomic E-state index is 5.75. The fourth-order valence-corrected chi connectivity index (χ4v) is 2.19. The number of ether oxygens (including phenoxy) is 3. The summed E-state index contributed by atoms with van der Waals surface area (Å²) in [6.07, 6.45) is 2.11. The van der Waals surface area contributed by atoms with Crippen LogP contribution in [0.3, 0.4) is 0 Å². The summed E-state index contributed by atoms with van der Waals surface area (Å²) in [5.41, 5.74) is 8.63. The highest BCUT2D eigenvalue weighted by Crippen LogP contribution is 2.22. The first-order valence-corrected chi connectivity index (χ1v) is 7.59. The van der Waals surface area contributed by atoms with Crippen molar-refractivity contribution < 1.29 is 14.2 Å². The average Bonchev–Trinajstić information content (AvgIpc) is 2.94. The summed E-state index contributed by atoms with van der Waals surface area (Å²) in [6.45, 7) is 1.78. The average molecular weight is 374 g/mol. The molecule has 1 aromatic carbocycles. The molecule has 3 N–H and O–H groups in total. The minimum Gasteiger partial charge on any atom is -0.493 e. The summed E-state index contributed by atoms with van der Waals surface area (Å²) in [4.78, 5) is 0. The number of benzene rings is 1. The van der Waals surface area contributed by atoms with Gasteiger partial charge in [0.2, 0.25) is 0 Å². The summed E-state index contributed by atoms with van der Waals surface area (Å²) < 4.78 is 17.4. The van der Waals surface area contributed by atoms with Crippen LogP contribution in [0.2, 0.25) is 0 Å². The van der Waals surface area contributed by atoms with Crippen molar-refractivity contribution in [1.82, 2.24) is 5.43 Å². The molecule has 1 aromatic rings. The number of halogens is 1. The Bertz CT molecular complexity index is 521. The van der Waals surface area contributed by atoms with Crippen molar-refractivity contribution in [1.29, 1.82) is 0 Å². The lowest BCUT2D eigenvalue weighted by atomic mass is 10.2. The number of hydrogen-bond donors (Lipinski definition) is 2. The Balaban J connectivity index is 1.93. The van der Waals surface area contributed by atoms with Crippen LogP contribution in [-0.2, 0) is 9.47 Å². The van der Waals surface area contributed by atoms with Crippen molar-refractivity contribution in [3.05, 3.63) is 28.2 Å². The molecule has 2 rings (SSSR count). The van der Waals surface area contributed by atoms with E-state index in [2.05, 4.69) is 38.7 Å². The van der Waals surface area contributed by atoms with Gasteiger partial charge >= 0.3 is 0 Å². The van der Waals surface area contributed by atoms with Gasteiger partial charge in [0, 0.05) is 16.5 Å². The normalized spacial score (nSPS) is 15.5. The van der Waals surface area contributed by atoms with Crippen molar-refractivity contribution in [3.8, 4) is 5.75 Å². The first-order chi connectivity index (χ1) is 10.1. The van der Waals surface area contributed by atoms with Gasteiger partial charge in [0.1, 0.15) is 5.75 Å². The topological polar surface area (TPSA) is 78.1 Å². The Labute approximate surface area is 136 Å². The fraction of sp³-hybridized carbons (Fsp3) is 0.385. The highest BCUT2D eigenvalue weighted by atomic mass is 79.9. The summed E-state index contributed by atoms with van der Waals surface area (Å²) >= 11 is 8.10. The van der Waals surface area contributed by atoms with Gasteiger partial charge in [0.15, 0.2) is 11.4 Å². The van der Waals surface area contributed by atoms with Gasteiger partial charge in [-0.2, -0.15) is 5.10 Å². The van der Waals surface area contributed by atoms with Crippen LogP contribution < -0.4 is 15.9 Å². The van der Waals surface area contributed by atoms with E-state index >= 15 is 0 Å². The largest absolute Gasteiger partial charge is 0.493 e. The third-order valence-electron chi connectivity index (χ3n) is 2.65. The standard InChI is InChI=1S/C13H16BrN3O3S/c14-10-1-2-11(9(7-10)8-16-17-13(15)21)18-4-3-12-19-5-6-20-12/h1-2,7-8,12H,3-6H2,(H3,15,17,21). The summed E-state index contributed by atoms with van der Waals surface area (Å²) in [7, 11) is 0. The molecule has 0 aromatic heterocycles. The molecular weight excluding hydrogens is 358 g/mol. The van der Waals surface area contributed by atoms with E-state index in [1.165, 1.54) is 0 Å². The number of hydrazone groups is 1. The van der Waals surface area contributed by atoms with Gasteiger partial charge in [-0.25, -0.2) is 0 Å². The van der Waals surface area contributed by atoms with Crippen LogP contribution in [0.15, 0.2) is 27.8 Å². The Hall–Kier alpha value is -1.22. The zero-order valence-corrected chi connectivity index (χ0v) is 13.7. The first kappa shape index (κ1) is 16.2. The fourth-order valence-electron chi connectivity index (χ4n) is 1.76. The van der Waals surface area contributed by atoms with Crippen LogP contribution in [-0.4, -0.2) is 37.4 Å². The number of nitrogens with two attached hydrogens (primary N) is 1. The predicted molar refractivity (Wildman–Crippen MR) is 87.5 cm³/mol. The molecule has 21 heavy (non-hydrogen) atoms. The van der Waals surface area contributed by atoms with Crippen molar-refractivity contribution in [2.75, 3.05) is 19.8 Å². The Morgan fingerprint density at radius 1 is 1.52 bits per heavy atom. The van der Waals surface area contributed by atoms with Gasteiger partial charge in [-0.3, -0.25) is 5.43 Å². The summed E-state index contributed by atoms with van der Waals surface area (Å²) in [6, 6.07) is 5.65. The van der Waals surface area contributed by atoms with Crippen molar-refractivity contribution in [3.63, 3.8) is 0 Å². The summed E-state index contributed by atoms with van der Waals surface area (Å²) in [5, 5.41) is 4.05. The molecular formula is C13H16BrN3O3S. The molecule has 8 heteroatoms. The molecule has 1 heterocycles. The number of hydrogen-bond acceptors (Lipinski definition) is 5. The van der Waals surface area contributed by atoms with Gasteiger partial charge in [-0.15, -0.1) is 0 Å². The Kier molecular flexibility index (Phi) is 6.37. The molecule has 0 aliphatic carbocycles. The van der Waals surface area contributed by atoms with Gasteiger partial charge in [-0.05, 0) is 30.4 Å². The smallest absolute Gasteiger partial charge is 0.184 e. The zero-order valence-electron chi connectivity index (χ0n) is 11.3. The number of rotatable bonds is 6. The molecule has 0 spiro atoms. The second-order valence-electron chi connectivity index (χ2n) is 4.22. The molecule has 0 unspecified atom stereocenters. The van der Waals surface area contributed by atoms with Gasteiger partial charge in [0.05, 0.1) is 26.0 Å². The molecule has 0 atom stereocenters. The molecule has 0 amide bonds. The van der Waals surface area contributed by atoms with Crippen LogP contribution in [0.25, 0.3) is 0 Å². The van der Waals surface area contributed by atoms with E-state index in [0.29, 0.717) is 32.0 Å². The monoisotopic (exact) mass is 373 g/mol. The van der Waals surface area contributed by atoms with Gasteiger partial charge in [0.25, 0.3) is 0 Å². The predicted octanol–water partition coefficient (Wildman–Crippen LogP) is 1.76. The minimum atomic E-state index is -0.172. The van der Waals surface area contributed by atoms with Gasteiger partial charge < -0.3 is 19.9 Å². The Morgan fingerprint density at radius 3 is 3.00 bits per heavy atom. The van der Waals surface area contributed by atoms with Crippen LogP contribution in [0.5, 0.6) is 5.75 Å². The third-order valence-corrected chi connectivity index (χ3v) is 3.24. The number of thiocarbonyl (C=S) groups is 1. The molecule has 114 valence electrons. The van der Waals surface area contributed by atoms with Gasteiger partial charge in [-0.1, -0.05) is 15.9 Å². The van der Waals surface area contributed by atoms with Crippen molar-refractivity contribution in [2.45, 2.75) is 12.7 Å². The molecule has 0 saturated carbocycles. The van der Waals surface area contributed by atoms with E-state index in [-0.39, 0.29) is 11.4 Å². The minimum absolute atomic E-state index is 0.110. The molecule has 0 radical (unpaired) electrons. The lowest BCUT2D eigenvalue weighted by molar-refractivity contribution is -0.0531. The third kappa shape index (κ3) is 5.58. The van der Waals surface area contributed by atoms with E-state index < -0.39 is 0 Å². The summed E-state index contributed by atoms with van der Waals surface area (Å²) in [5.74, 6) is 0.713. The van der Waals surface area contributed by atoms with E-state index in [9.17, 15) is 0 Å². The van der Waals surface area contributed by atoms with E-state index in [0.717, 1.165) is 10.0 Å². The van der Waals surface area contributed by atoms with E-state index in [1.54, 1.807) is 6.21 Å². The quantitative estimate of drug-likeness (QED) is 0.449. The highest BCUT2D eigenvalue weighted by molar-refractivity contribution is 9.10. The Morgan fingerprint density at radius 2 is 2.29 bits per heavy atom. The second-order valence-corrected chi connectivity index (χ2v) is 5.58. The molecule has 1 aliphatic rings. The van der Waals surface area contributed by atoms with Crippen LogP contribution >= 0.6 is 28.1 Å². The maximum Gasteiger partial charge on any atom is 0.184 e. The zero-order chi connectivity index (χ0) is 15.1. The van der Waals surface area contributed by atoms with Crippen LogP contribution in [0, 0.1) is 0 Å². The first-order valence-electron chi connectivity index (χ1n) is 6.39. The van der Waals surface area contributed by atoms with E-state index in [1.807, 2.05) is 18.2 Å². The second kappa shape index (κ2) is 8.28. The van der Waals surface area contributed by atoms with Crippen molar-refractivity contribution >= 4 is 39.5 Å². The van der Waals surface area contributed by atoms with Crippen molar-refractivity contribution in [2.24, 2.45) is 10.8 Å². The molecule has 1 fully saturated rings. The van der Waals surface area contributed by atoms with Crippen LogP contribution in [0.1, 0.15) is 12.0 Å². The SMILES string of the molecule is NC(=S)NN=Cc1cc(Br)ccc1OCCC1OCCO1. The van der Waals surface area contributed by atoms with E-state index in [4.69, 9.17) is 19.9 Å². The molecule has 1 saturated heterocycles. The lowest BCUT2D eigenvalue weighted by Gasteiger charge is -2.12. The maximum absolute atomic E-state index is 5.75. The lowest BCUT2D eigenvalue weighted by Crippen LogP contribution is -2.24. The highest BCUT2D eigenvalue weighted by Gasteiger charge is 2.15. The number of nitrogens with one attached hydrogen (secondary N) is 1. The van der Waals surface area contributed by atoms with Crippen LogP contribution in [0.4, 0.5) is 0 Å². The molecule has 1 aliphatic heterocycles.